The first-order chi connectivity index (χ1) is 6.19. The molecule has 0 aliphatic heterocycles. The van der Waals surface area contributed by atoms with Crippen molar-refractivity contribution in [2.75, 3.05) is 13.2 Å². The number of nitrogens with two attached hydrogens (primary N) is 1. The summed E-state index contributed by atoms with van der Waals surface area (Å²) in [6.45, 7) is -0.0268. The van der Waals surface area contributed by atoms with Gasteiger partial charge in [0, 0.05) is 18.0 Å². The van der Waals surface area contributed by atoms with Gasteiger partial charge in [-0.3, -0.25) is 0 Å². The Morgan fingerprint density at radius 2 is 2.15 bits per heavy atom. The van der Waals surface area contributed by atoms with Crippen LogP contribution in [-0.4, -0.2) is 23.4 Å². The van der Waals surface area contributed by atoms with Crippen molar-refractivity contribution >= 4 is 0 Å². The van der Waals surface area contributed by atoms with Crippen molar-refractivity contribution in [3.05, 3.63) is 29.6 Å². The molecular formula is C9H12FNO2. The molecule has 0 aromatic heterocycles. The highest BCUT2D eigenvalue weighted by Gasteiger charge is 2.13. The van der Waals surface area contributed by atoms with Crippen molar-refractivity contribution in [3.8, 4) is 5.75 Å². The van der Waals surface area contributed by atoms with Crippen LogP contribution in [0.25, 0.3) is 0 Å². The summed E-state index contributed by atoms with van der Waals surface area (Å²) in [6, 6.07) is 3.59. The van der Waals surface area contributed by atoms with Gasteiger partial charge in [-0.1, -0.05) is 0 Å². The van der Waals surface area contributed by atoms with E-state index in [1.807, 2.05) is 0 Å². The van der Waals surface area contributed by atoms with E-state index in [1.165, 1.54) is 12.1 Å². The van der Waals surface area contributed by atoms with E-state index in [1.54, 1.807) is 0 Å². The summed E-state index contributed by atoms with van der Waals surface area (Å²) in [5.74, 6) is -0.888. The number of rotatable bonds is 3. The molecule has 1 rings (SSSR count). The Morgan fingerprint density at radius 1 is 1.46 bits per heavy atom. The Hall–Kier alpha value is -1.13. The molecule has 1 aromatic rings. The molecule has 1 unspecified atom stereocenters. The van der Waals surface area contributed by atoms with Crippen LogP contribution in [0.15, 0.2) is 18.2 Å². The van der Waals surface area contributed by atoms with Gasteiger partial charge in [0.05, 0.1) is 6.61 Å². The smallest absolute Gasteiger partial charge is 0.123 e. The highest BCUT2D eigenvalue weighted by atomic mass is 19.1. The minimum Gasteiger partial charge on any atom is -0.508 e. The molecule has 1 atom stereocenters. The molecule has 0 amide bonds. The second-order valence-corrected chi connectivity index (χ2v) is 2.82. The van der Waals surface area contributed by atoms with Crippen LogP contribution >= 0.6 is 0 Å². The third-order valence-electron chi connectivity index (χ3n) is 1.93. The van der Waals surface area contributed by atoms with Crippen LogP contribution < -0.4 is 5.73 Å². The summed E-state index contributed by atoms with van der Waals surface area (Å²) < 4.78 is 12.7. The van der Waals surface area contributed by atoms with E-state index in [0.717, 1.165) is 6.07 Å². The number of phenols is 1. The Balaban J connectivity index is 3.03. The Kier molecular flexibility index (Phi) is 3.22. The summed E-state index contributed by atoms with van der Waals surface area (Å²) in [6.07, 6.45) is 0. The monoisotopic (exact) mass is 185 g/mol. The predicted octanol–water partition coefficient (Wildman–Crippen LogP) is 0.566. The van der Waals surface area contributed by atoms with Crippen LogP contribution in [0.5, 0.6) is 5.75 Å². The average molecular weight is 185 g/mol. The summed E-state index contributed by atoms with van der Waals surface area (Å²) in [5, 5.41) is 18.2. The fourth-order valence-electron chi connectivity index (χ4n) is 1.15. The number of hydrogen-bond acceptors (Lipinski definition) is 3. The lowest BCUT2D eigenvalue weighted by Crippen LogP contribution is -2.16. The van der Waals surface area contributed by atoms with Gasteiger partial charge in [-0.15, -0.1) is 0 Å². The number of aromatic hydroxyl groups is 1. The summed E-state index contributed by atoms with van der Waals surface area (Å²) >= 11 is 0. The Labute approximate surface area is 75.6 Å². The Bertz CT molecular complexity index is 287. The fraction of sp³-hybridized carbons (Fsp3) is 0.333. The molecule has 0 bridgehead atoms. The molecule has 1 aromatic carbocycles. The second kappa shape index (κ2) is 4.20. The SMILES string of the molecule is NCC(CO)c1cc(F)ccc1O. The molecule has 0 heterocycles. The maximum atomic E-state index is 12.7. The molecule has 4 heteroatoms. The number of aliphatic hydroxyl groups is 1. The minimum absolute atomic E-state index is 0.0362. The van der Waals surface area contributed by atoms with Crippen LogP contribution in [0.4, 0.5) is 4.39 Å². The van der Waals surface area contributed by atoms with Crippen molar-refractivity contribution < 1.29 is 14.6 Å². The topological polar surface area (TPSA) is 66.5 Å². The van der Waals surface area contributed by atoms with Crippen molar-refractivity contribution in [1.82, 2.24) is 0 Å². The highest BCUT2D eigenvalue weighted by molar-refractivity contribution is 5.35. The van der Waals surface area contributed by atoms with Crippen LogP contribution in [0.3, 0.4) is 0 Å². The van der Waals surface area contributed by atoms with Crippen molar-refractivity contribution in [2.45, 2.75) is 5.92 Å². The third-order valence-corrected chi connectivity index (χ3v) is 1.93. The van der Waals surface area contributed by atoms with Gasteiger partial charge in [0.15, 0.2) is 0 Å². The maximum absolute atomic E-state index is 12.7. The Morgan fingerprint density at radius 3 is 2.69 bits per heavy atom. The first-order valence-corrected chi connectivity index (χ1v) is 3.98. The predicted molar refractivity (Wildman–Crippen MR) is 46.9 cm³/mol. The van der Waals surface area contributed by atoms with Gasteiger partial charge < -0.3 is 15.9 Å². The van der Waals surface area contributed by atoms with Gasteiger partial charge in [0.2, 0.25) is 0 Å². The molecular weight excluding hydrogens is 173 g/mol. The summed E-state index contributed by atoms with van der Waals surface area (Å²) in [4.78, 5) is 0. The molecule has 0 saturated heterocycles. The normalized spacial score (nSPS) is 12.8. The first-order valence-electron chi connectivity index (χ1n) is 3.98. The third kappa shape index (κ3) is 2.17. The zero-order valence-electron chi connectivity index (χ0n) is 7.07. The van der Waals surface area contributed by atoms with Crippen molar-refractivity contribution in [2.24, 2.45) is 5.73 Å². The molecule has 0 aliphatic carbocycles. The van der Waals surface area contributed by atoms with Crippen molar-refractivity contribution in [1.29, 1.82) is 0 Å². The van der Waals surface area contributed by atoms with E-state index in [4.69, 9.17) is 10.8 Å². The minimum atomic E-state index is -0.445. The molecule has 0 radical (unpaired) electrons. The average Bonchev–Trinajstić information content (AvgIpc) is 2.13. The molecule has 4 N–H and O–H groups in total. The number of halogens is 1. The molecule has 0 fully saturated rings. The van der Waals surface area contributed by atoms with E-state index >= 15 is 0 Å². The number of phenolic OH excluding ortho intramolecular Hbond substituents is 1. The van der Waals surface area contributed by atoms with E-state index in [-0.39, 0.29) is 18.9 Å². The lowest BCUT2D eigenvalue weighted by molar-refractivity contribution is 0.265. The first kappa shape index (κ1) is 9.95. The lowest BCUT2D eigenvalue weighted by Gasteiger charge is -2.13. The maximum Gasteiger partial charge on any atom is 0.123 e. The van der Waals surface area contributed by atoms with Crippen LogP contribution in [0.1, 0.15) is 11.5 Å². The highest BCUT2D eigenvalue weighted by Crippen LogP contribution is 2.25. The zero-order chi connectivity index (χ0) is 9.84. The van der Waals surface area contributed by atoms with E-state index < -0.39 is 11.7 Å². The standard InChI is InChI=1S/C9H12FNO2/c10-7-1-2-9(13)8(3-7)6(4-11)5-12/h1-3,6,12-13H,4-5,11H2. The number of aliphatic hydroxyl groups excluding tert-OH is 1. The lowest BCUT2D eigenvalue weighted by atomic mass is 9.99. The molecule has 13 heavy (non-hydrogen) atoms. The second-order valence-electron chi connectivity index (χ2n) is 2.82. The molecule has 0 saturated carbocycles. The van der Waals surface area contributed by atoms with Gasteiger partial charge in [0.25, 0.3) is 0 Å². The van der Waals surface area contributed by atoms with Crippen molar-refractivity contribution in [3.63, 3.8) is 0 Å². The largest absolute Gasteiger partial charge is 0.508 e. The van der Waals surface area contributed by atoms with Crippen LogP contribution in [-0.2, 0) is 0 Å². The van der Waals surface area contributed by atoms with Crippen LogP contribution in [0, 0.1) is 5.82 Å². The van der Waals surface area contributed by atoms with E-state index in [0.29, 0.717) is 5.56 Å². The quantitative estimate of drug-likeness (QED) is 0.644. The van der Waals surface area contributed by atoms with Crippen LogP contribution in [0.2, 0.25) is 0 Å². The number of benzene rings is 1. The summed E-state index contributed by atoms with van der Waals surface area (Å²) in [7, 11) is 0. The molecule has 3 nitrogen and oxygen atoms in total. The molecule has 0 spiro atoms. The number of hydrogen-bond donors (Lipinski definition) is 3. The van der Waals surface area contributed by atoms with Gasteiger partial charge in [-0.25, -0.2) is 4.39 Å². The molecule has 72 valence electrons. The fourth-order valence-corrected chi connectivity index (χ4v) is 1.15. The zero-order valence-corrected chi connectivity index (χ0v) is 7.07. The van der Waals surface area contributed by atoms with Gasteiger partial charge in [-0.2, -0.15) is 0 Å². The van der Waals surface area contributed by atoms with Gasteiger partial charge >= 0.3 is 0 Å². The molecule has 0 aliphatic rings. The van der Waals surface area contributed by atoms with Gasteiger partial charge in [0.1, 0.15) is 11.6 Å². The van der Waals surface area contributed by atoms with E-state index in [2.05, 4.69) is 0 Å². The van der Waals surface area contributed by atoms with E-state index in [9.17, 15) is 9.50 Å². The summed E-state index contributed by atoms with van der Waals surface area (Å²) in [5.41, 5.74) is 5.69. The van der Waals surface area contributed by atoms with Gasteiger partial charge in [-0.05, 0) is 18.2 Å².